The van der Waals surface area contributed by atoms with E-state index in [0.717, 1.165) is 17.5 Å². The Hall–Kier alpha value is -3.52. The molecule has 0 aliphatic rings. The van der Waals surface area contributed by atoms with E-state index in [1.165, 1.54) is 33.6 Å². The van der Waals surface area contributed by atoms with Crippen molar-refractivity contribution < 1.29 is 9.18 Å². The minimum absolute atomic E-state index is 0.00981. The number of thiophene rings is 1. The number of carbonyl (C=O) groups is 1. The average molecular weight is 494 g/mol. The highest BCUT2D eigenvalue weighted by atomic mass is 32.1. The van der Waals surface area contributed by atoms with Gasteiger partial charge in [0.15, 0.2) is 0 Å². The predicted octanol–water partition coefficient (Wildman–Crippen LogP) is 4.60. The third kappa shape index (κ3) is 6.14. The Morgan fingerprint density at radius 3 is 2.37 bits per heavy atom. The summed E-state index contributed by atoms with van der Waals surface area (Å²) in [7, 11) is 0. The van der Waals surface area contributed by atoms with E-state index < -0.39 is 0 Å². The van der Waals surface area contributed by atoms with Gasteiger partial charge in [-0.1, -0.05) is 48.4 Å². The molecule has 0 fully saturated rings. The van der Waals surface area contributed by atoms with E-state index in [1.54, 1.807) is 28.1 Å². The molecule has 8 heteroatoms. The number of fused-ring (bicyclic) bond motifs is 1. The Morgan fingerprint density at radius 2 is 1.63 bits per heavy atom. The van der Waals surface area contributed by atoms with Crippen LogP contribution in [0.5, 0.6) is 0 Å². The van der Waals surface area contributed by atoms with Crippen molar-refractivity contribution in [3.05, 3.63) is 103 Å². The number of rotatable bonds is 10. The minimum Gasteiger partial charge on any atom is -0.352 e. The van der Waals surface area contributed by atoms with Crippen molar-refractivity contribution in [3.63, 3.8) is 0 Å². The van der Waals surface area contributed by atoms with Crippen LogP contribution in [0.1, 0.15) is 42.4 Å². The molecule has 4 rings (SSSR count). The Morgan fingerprint density at radius 1 is 0.914 bits per heavy atom. The predicted molar refractivity (Wildman–Crippen MR) is 137 cm³/mol. The van der Waals surface area contributed by atoms with Crippen LogP contribution >= 0.6 is 11.3 Å². The summed E-state index contributed by atoms with van der Waals surface area (Å²) in [4.78, 5) is 38.2. The summed E-state index contributed by atoms with van der Waals surface area (Å²) in [5.41, 5.74) is 2.95. The topological polar surface area (TPSA) is 73.1 Å². The fourth-order valence-electron chi connectivity index (χ4n) is 3.98. The lowest BCUT2D eigenvalue weighted by Gasteiger charge is -2.12. The molecule has 2 heterocycles. The number of hydrogen-bond donors (Lipinski definition) is 1. The van der Waals surface area contributed by atoms with Crippen LogP contribution in [0, 0.1) is 12.7 Å². The summed E-state index contributed by atoms with van der Waals surface area (Å²) < 4.78 is 16.6. The van der Waals surface area contributed by atoms with Crippen LogP contribution in [-0.2, 0) is 24.4 Å². The maximum atomic E-state index is 13.3. The van der Waals surface area contributed by atoms with Crippen LogP contribution in [0.25, 0.3) is 10.2 Å². The van der Waals surface area contributed by atoms with Crippen molar-refractivity contribution >= 4 is 27.5 Å². The third-order valence-electron chi connectivity index (χ3n) is 5.99. The van der Waals surface area contributed by atoms with Gasteiger partial charge in [0.1, 0.15) is 10.5 Å². The third-order valence-corrected chi connectivity index (χ3v) is 6.88. The summed E-state index contributed by atoms with van der Waals surface area (Å²) in [6.07, 6.45) is 2.43. The molecule has 2 aromatic heterocycles. The molecule has 0 atom stereocenters. The monoisotopic (exact) mass is 493 g/mol. The second-order valence-corrected chi connectivity index (χ2v) is 9.58. The van der Waals surface area contributed by atoms with Gasteiger partial charge in [-0.15, -0.1) is 11.3 Å². The maximum Gasteiger partial charge on any atom is 0.331 e. The molecule has 1 amide bonds. The van der Waals surface area contributed by atoms with E-state index in [1.807, 2.05) is 31.2 Å². The molecule has 0 bridgehead atoms. The van der Waals surface area contributed by atoms with Crippen molar-refractivity contribution in [3.8, 4) is 0 Å². The van der Waals surface area contributed by atoms with E-state index in [0.29, 0.717) is 42.6 Å². The van der Waals surface area contributed by atoms with Crippen molar-refractivity contribution in [1.82, 2.24) is 14.5 Å². The number of aromatic nitrogens is 2. The molecular formula is C27H28FN3O3S. The number of carbonyl (C=O) groups excluding carboxylic acids is 1. The molecule has 4 aromatic rings. The molecule has 0 aliphatic heterocycles. The Kier molecular flexibility index (Phi) is 7.92. The van der Waals surface area contributed by atoms with Crippen LogP contribution in [0.15, 0.2) is 69.6 Å². The lowest BCUT2D eigenvalue weighted by Crippen LogP contribution is -2.39. The summed E-state index contributed by atoms with van der Waals surface area (Å²) in [5, 5.41) is 4.72. The quantitative estimate of drug-likeness (QED) is 0.328. The van der Waals surface area contributed by atoms with Gasteiger partial charge in [0.25, 0.3) is 5.56 Å². The standard InChI is InChI=1S/C27H28FN3O3S/c1-19-6-8-20(9-7-19)17-29-24(32)5-3-2-4-15-30-26(33)25-23(14-16-35-25)31(27(30)34)18-21-10-12-22(28)13-11-21/h6-14,16H,2-5,15,17-18H2,1H3,(H,29,32). The van der Waals surface area contributed by atoms with Crippen molar-refractivity contribution in [2.45, 2.75) is 52.2 Å². The molecule has 182 valence electrons. The number of hydrogen-bond acceptors (Lipinski definition) is 4. The number of benzene rings is 2. The number of aryl methyl sites for hydroxylation is 1. The molecule has 2 aromatic carbocycles. The van der Waals surface area contributed by atoms with Crippen LogP contribution in [0.2, 0.25) is 0 Å². The first-order chi connectivity index (χ1) is 16.9. The Labute approximate surface area is 206 Å². The number of nitrogens with one attached hydrogen (secondary N) is 1. The SMILES string of the molecule is Cc1ccc(CNC(=O)CCCCCn2c(=O)c3sccc3n(Cc3ccc(F)cc3)c2=O)cc1. The van der Waals surface area contributed by atoms with Gasteiger partial charge >= 0.3 is 5.69 Å². The lowest BCUT2D eigenvalue weighted by atomic mass is 10.1. The van der Waals surface area contributed by atoms with Gasteiger partial charge in [-0.2, -0.15) is 0 Å². The zero-order valence-corrected chi connectivity index (χ0v) is 20.4. The van der Waals surface area contributed by atoms with Crippen molar-refractivity contribution in [1.29, 1.82) is 0 Å². The van der Waals surface area contributed by atoms with Gasteiger partial charge in [-0.3, -0.25) is 18.7 Å². The summed E-state index contributed by atoms with van der Waals surface area (Å²) in [6.45, 7) is 3.08. The number of nitrogens with zero attached hydrogens (tertiary/aromatic N) is 2. The van der Waals surface area contributed by atoms with Crippen LogP contribution in [0.3, 0.4) is 0 Å². The maximum absolute atomic E-state index is 13.3. The number of halogens is 1. The minimum atomic E-state index is -0.374. The highest BCUT2D eigenvalue weighted by Crippen LogP contribution is 2.17. The van der Waals surface area contributed by atoms with Gasteiger partial charge in [-0.05, 0) is 54.5 Å². The molecule has 0 radical (unpaired) electrons. The summed E-state index contributed by atoms with van der Waals surface area (Å²) >= 11 is 1.31. The first kappa shape index (κ1) is 24.6. The number of unbranched alkanes of at least 4 members (excludes halogenated alkanes) is 2. The van der Waals surface area contributed by atoms with E-state index in [-0.39, 0.29) is 29.5 Å². The van der Waals surface area contributed by atoms with Crippen molar-refractivity contribution in [2.75, 3.05) is 0 Å². The van der Waals surface area contributed by atoms with Crippen LogP contribution < -0.4 is 16.6 Å². The summed E-state index contributed by atoms with van der Waals surface area (Å²) in [6, 6.07) is 15.8. The second kappa shape index (κ2) is 11.3. The van der Waals surface area contributed by atoms with Gasteiger partial charge in [0, 0.05) is 19.5 Å². The average Bonchev–Trinajstić information content (AvgIpc) is 3.34. The second-order valence-electron chi connectivity index (χ2n) is 8.66. The molecule has 35 heavy (non-hydrogen) atoms. The molecule has 0 aliphatic carbocycles. The highest BCUT2D eigenvalue weighted by molar-refractivity contribution is 7.17. The van der Waals surface area contributed by atoms with Crippen molar-refractivity contribution in [2.24, 2.45) is 0 Å². The van der Waals surface area contributed by atoms with E-state index in [2.05, 4.69) is 5.32 Å². The smallest absolute Gasteiger partial charge is 0.331 e. The molecule has 0 spiro atoms. The van der Waals surface area contributed by atoms with E-state index in [4.69, 9.17) is 0 Å². The lowest BCUT2D eigenvalue weighted by molar-refractivity contribution is -0.121. The first-order valence-corrected chi connectivity index (χ1v) is 12.6. The molecule has 0 saturated carbocycles. The normalized spacial score (nSPS) is 11.1. The molecule has 0 unspecified atom stereocenters. The van der Waals surface area contributed by atoms with Gasteiger partial charge in [0.05, 0.1) is 12.1 Å². The fraction of sp³-hybridized carbons (Fsp3) is 0.296. The number of amides is 1. The van der Waals surface area contributed by atoms with Gasteiger partial charge < -0.3 is 5.32 Å². The zero-order valence-electron chi connectivity index (χ0n) is 19.6. The highest BCUT2D eigenvalue weighted by Gasteiger charge is 2.14. The van der Waals surface area contributed by atoms with E-state index in [9.17, 15) is 18.8 Å². The molecule has 1 N–H and O–H groups in total. The molecular weight excluding hydrogens is 465 g/mol. The fourth-order valence-corrected chi connectivity index (χ4v) is 4.83. The van der Waals surface area contributed by atoms with Gasteiger partial charge in [-0.25, -0.2) is 9.18 Å². The van der Waals surface area contributed by atoms with Gasteiger partial charge in [0.2, 0.25) is 5.91 Å². The Bertz CT molecular complexity index is 1420. The van der Waals surface area contributed by atoms with Crippen LogP contribution in [-0.4, -0.2) is 15.0 Å². The summed E-state index contributed by atoms with van der Waals surface area (Å²) in [5.74, 6) is -0.347. The molecule has 0 saturated heterocycles. The first-order valence-electron chi connectivity index (χ1n) is 11.7. The van der Waals surface area contributed by atoms with Crippen LogP contribution in [0.4, 0.5) is 4.39 Å². The molecule has 6 nitrogen and oxygen atoms in total. The Balaban J connectivity index is 1.34. The zero-order chi connectivity index (χ0) is 24.8. The largest absolute Gasteiger partial charge is 0.352 e. The van der Waals surface area contributed by atoms with E-state index >= 15 is 0 Å².